The molecule has 1 amide bonds. The van der Waals surface area contributed by atoms with Crippen LogP contribution >= 0.6 is 0 Å². The van der Waals surface area contributed by atoms with Crippen molar-refractivity contribution in [2.24, 2.45) is 7.05 Å². The fourth-order valence-corrected chi connectivity index (χ4v) is 3.47. The summed E-state index contributed by atoms with van der Waals surface area (Å²) >= 11 is 0. The number of carbonyl (C=O) groups is 1. The normalized spacial score (nSPS) is 17.3. The molecule has 27 heavy (non-hydrogen) atoms. The molecule has 0 radical (unpaired) electrons. The van der Waals surface area contributed by atoms with Gasteiger partial charge in [0.05, 0.1) is 11.4 Å². The molecule has 1 aliphatic rings. The number of amides is 1. The Kier molecular flexibility index (Phi) is 4.49. The van der Waals surface area contributed by atoms with Gasteiger partial charge in [0.25, 0.3) is 5.91 Å². The highest BCUT2D eigenvalue weighted by Gasteiger charge is 2.33. The van der Waals surface area contributed by atoms with Crippen LogP contribution in [0.3, 0.4) is 0 Å². The minimum Gasteiger partial charge on any atom is -0.336 e. The lowest BCUT2D eigenvalue weighted by Gasteiger charge is -2.35. The fraction of sp³-hybridized carbons (Fsp3) is 0.368. The van der Waals surface area contributed by atoms with Crippen LogP contribution < -0.4 is 5.32 Å². The molecular formula is C19H23N7O. The second-order valence-corrected chi connectivity index (χ2v) is 6.89. The van der Waals surface area contributed by atoms with Crippen LogP contribution in [0.5, 0.6) is 0 Å². The average Bonchev–Trinajstić information content (AvgIpc) is 3.27. The zero-order valence-corrected chi connectivity index (χ0v) is 15.8. The van der Waals surface area contributed by atoms with Crippen molar-refractivity contribution in [1.29, 1.82) is 0 Å². The van der Waals surface area contributed by atoms with Gasteiger partial charge < -0.3 is 14.8 Å². The van der Waals surface area contributed by atoms with Gasteiger partial charge in [-0.2, -0.15) is 0 Å². The van der Waals surface area contributed by atoms with Crippen LogP contribution in [0.1, 0.15) is 33.6 Å². The Morgan fingerprint density at radius 1 is 1.22 bits per heavy atom. The van der Waals surface area contributed by atoms with Gasteiger partial charge in [0.2, 0.25) is 0 Å². The maximum absolute atomic E-state index is 13.3. The maximum atomic E-state index is 13.3. The summed E-state index contributed by atoms with van der Waals surface area (Å²) in [4.78, 5) is 19.6. The molecule has 0 saturated carbocycles. The monoisotopic (exact) mass is 365 g/mol. The number of nitrogens with one attached hydrogen (secondary N) is 1. The van der Waals surface area contributed by atoms with E-state index in [0.29, 0.717) is 18.8 Å². The van der Waals surface area contributed by atoms with Crippen molar-refractivity contribution in [3.05, 3.63) is 59.4 Å². The lowest BCUT2D eigenvalue weighted by atomic mass is 10.1. The van der Waals surface area contributed by atoms with Gasteiger partial charge in [-0.15, -0.1) is 5.10 Å². The highest BCUT2D eigenvalue weighted by atomic mass is 16.2. The van der Waals surface area contributed by atoms with Crippen LogP contribution in [-0.2, 0) is 7.05 Å². The fourth-order valence-electron chi connectivity index (χ4n) is 3.47. The van der Waals surface area contributed by atoms with Crippen molar-refractivity contribution >= 4 is 5.91 Å². The molecule has 3 aromatic rings. The van der Waals surface area contributed by atoms with Crippen molar-refractivity contribution in [2.75, 3.05) is 19.6 Å². The van der Waals surface area contributed by atoms with E-state index in [2.05, 4.69) is 20.6 Å². The van der Waals surface area contributed by atoms with Crippen LogP contribution in [0.25, 0.3) is 5.69 Å². The largest absolute Gasteiger partial charge is 0.336 e. The summed E-state index contributed by atoms with van der Waals surface area (Å²) in [6, 6.07) is 7.87. The molecule has 1 unspecified atom stereocenters. The van der Waals surface area contributed by atoms with Gasteiger partial charge in [0.15, 0.2) is 5.69 Å². The molecule has 1 atom stereocenters. The first-order valence-electron chi connectivity index (χ1n) is 9.04. The minimum absolute atomic E-state index is 0.111. The van der Waals surface area contributed by atoms with E-state index in [9.17, 15) is 4.79 Å². The summed E-state index contributed by atoms with van der Waals surface area (Å²) in [6.45, 7) is 5.94. The van der Waals surface area contributed by atoms with E-state index in [1.807, 2.05) is 60.8 Å². The van der Waals surface area contributed by atoms with Crippen molar-refractivity contribution < 1.29 is 4.79 Å². The van der Waals surface area contributed by atoms with E-state index in [1.54, 1.807) is 10.9 Å². The van der Waals surface area contributed by atoms with E-state index in [0.717, 1.165) is 23.8 Å². The molecule has 1 fully saturated rings. The van der Waals surface area contributed by atoms with E-state index in [-0.39, 0.29) is 11.9 Å². The lowest BCUT2D eigenvalue weighted by Crippen LogP contribution is -2.49. The molecule has 1 saturated heterocycles. The van der Waals surface area contributed by atoms with Gasteiger partial charge in [-0.25, -0.2) is 9.67 Å². The zero-order chi connectivity index (χ0) is 19.0. The standard InChI is InChI=1S/C19H23N7O/c1-13-4-6-15(7-5-13)26-14(2)17(22-23-26)19(27)25-11-8-20-12-16(25)18-21-9-10-24(18)3/h4-7,9-10,16,20H,8,11-12H2,1-3H3. The summed E-state index contributed by atoms with van der Waals surface area (Å²) in [6.07, 6.45) is 3.65. The zero-order valence-electron chi connectivity index (χ0n) is 15.8. The molecule has 1 N–H and O–H groups in total. The Morgan fingerprint density at radius 2 is 2.00 bits per heavy atom. The van der Waals surface area contributed by atoms with Crippen LogP contribution in [-0.4, -0.2) is 55.0 Å². The summed E-state index contributed by atoms with van der Waals surface area (Å²) < 4.78 is 3.67. The van der Waals surface area contributed by atoms with Crippen LogP contribution in [0.4, 0.5) is 0 Å². The number of carbonyl (C=O) groups excluding carboxylic acids is 1. The van der Waals surface area contributed by atoms with E-state index in [1.165, 1.54) is 5.56 Å². The van der Waals surface area contributed by atoms with Gasteiger partial charge in [-0.05, 0) is 26.0 Å². The molecule has 140 valence electrons. The third kappa shape index (κ3) is 3.12. The molecular weight excluding hydrogens is 342 g/mol. The third-order valence-corrected chi connectivity index (χ3v) is 5.04. The molecule has 3 heterocycles. The molecule has 0 aliphatic carbocycles. The van der Waals surface area contributed by atoms with Crippen molar-refractivity contribution in [1.82, 2.24) is 34.8 Å². The summed E-state index contributed by atoms with van der Waals surface area (Å²) in [5.41, 5.74) is 3.19. The molecule has 4 rings (SSSR count). The minimum atomic E-state index is -0.129. The molecule has 1 aromatic carbocycles. The Balaban J connectivity index is 1.66. The van der Waals surface area contributed by atoms with Crippen molar-refractivity contribution in [3.63, 3.8) is 0 Å². The van der Waals surface area contributed by atoms with Gasteiger partial charge >= 0.3 is 0 Å². The molecule has 0 bridgehead atoms. The number of imidazole rings is 1. The number of hydrogen-bond donors (Lipinski definition) is 1. The first-order valence-corrected chi connectivity index (χ1v) is 9.04. The first-order chi connectivity index (χ1) is 13.1. The molecule has 8 heteroatoms. The van der Waals surface area contributed by atoms with Crippen molar-refractivity contribution in [3.8, 4) is 5.69 Å². The molecule has 2 aromatic heterocycles. The van der Waals surface area contributed by atoms with E-state index >= 15 is 0 Å². The predicted octanol–water partition coefficient (Wildman–Crippen LogP) is 1.40. The second kappa shape index (κ2) is 6.96. The third-order valence-electron chi connectivity index (χ3n) is 5.04. The molecule has 0 spiro atoms. The molecule has 8 nitrogen and oxygen atoms in total. The van der Waals surface area contributed by atoms with Crippen molar-refractivity contribution in [2.45, 2.75) is 19.9 Å². The highest BCUT2D eigenvalue weighted by molar-refractivity contribution is 5.93. The number of nitrogens with zero attached hydrogens (tertiary/aromatic N) is 6. The number of piperazine rings is 1. The average molecular weight is 365 g/mol. The highest BCUT2D eigenvalue weighted by Crippen LogP contribution is 2.23. The quantitative estimate of drug-likeness (QED) is 0.759. The molecule has 1 aliphatic heterocycles. The van der Waals surface area contributed by atoms with Gasteiger partial charge in [-0.1, -0.05) is 22.9 Å². The number of aryl methyl sites for hydroxylation is 2. The van der Waals surface area contributed by atoms with Gasteiger partial charge in [0.1, 0.15) is 11.9 Å². The summed E-state index contributed by atoms with van der Waals surface area (Å²) in [5.74, 6) is 0.750. The topological polar surface area (TPSA) is 80.9 Å². The number of aromatic nitrogens is 5. The maximum Gasteiger partial charge on any atom is 0.277 e. The lowest BCUT2D eigenvalue weighted by molar-refractivity contribution is 0.0614. The van der Waals surface area contributed by atoms with Crippen LogP contribution in [0.15, 0.2) is 36.7 Å². The number of rotatable bonds is 3. The van der Waals surface area contributed by atoms with E-state index in [4.69, 9.17) is 0 Å². The van der Waals surface area contributed by atoms with E-state index < -0.39 is 0 Å². The predicted molar refractivity (Wildman–Crippen MR) is 101 cm³/mol. The Labute approximate surface area is 157 Å². The Bertz CT molecular complexity index is 957. The van der Waals surface area contributed by atoms with Gasteiger partial charge in [0, 0.05) is 39.1 Å². The summed E-state index contributed by atoms with van der Waals surface area (Å²) in [7, 11) is 1.94. The number of benzene rings is 1. The number of hydrogen-bond acceptors (Lipinski definition) is 5. The van der Waals surface area contributed by atoms with Crippen LogP contribution in [0, 0.1) is 13.8 Å². The van der Waals surface area contributed by atoms with Crippen LogP contribution in [0.2, 0.25) is 0 Å². The van der Waals surface area contributed by atoms with Gasteiger partial charge in [-0.3, -0.25) is 4.79 Å². The smallest absolute Gasteiger partial charge is 0.277 e. The second-order valence-electron chi connectivity index (χ2n) is 6.89. The first kappa shape index (κ1) is 17.4. The summed E-state index contributed by atoms with van der Waals surface area (Å²) in [5, 5.41) is 11.8. The SMILES string of the molecule is Cc1ccc(-n2nnc(C(=O)N3CCNCC3c3nccn3C)c2C)cc1. The Morgan fingerprint density at radius 3 is 2.70 bits per heavy atom. The Hall–Kier alpha value is -3.00.